The molecule has 102 valence electrons. The summed E-state index contributed by atoms with van der Waals surface area (Å²) in [4.78, 5) is 0. The summed E-state index contributed by atoms with van der Waals surface area (Å²) in [6, 6.07) is 1.25. The third-order valence-electron chi connectivity index (χ3n) is 0.955. The molecular formula is C15H37N. The molecule has 0 saturated heterocycles. The number of allylic oxidation sites excluding steroid dienone is 1. The van der Waals surface area contributed by atoms with Crippen LogP contribution in [0.15, 0.2) is 12.7 Å². The summed E-state index contributed by atoms with van der Waals surface area (Å²) in [5, 5.41) is 3.31. The Balaban J connectivity index is -0.0000000685. The van der Waals surface area contributed by atoms with Crippen LogP contribution in [-0.2, 0) is 0 Å². The van der Waals surface area contributed by atoms with Crippen molar-refractivity contribution in [2.45, 2.75) is 87.2 Å². The minimum Gasteiger partial charge on any atom is -0.312 e. The van der Waals surface area contributed by atoms with Crippen molar-refractivity contribution in [3.05, 3.63) is 12.7 Å². The first-order valence-electron chi connectivity index (χ1n) is 6.82. The van der Waals surface area contributed by atoms with Crippen LogP contribution in [-0.4, -0.2) is 12.1 Å². The molecule has 16 heavy (non-hydrogen) atoms. The predicted octanol–water partition coefficient (Wildman–Crippen LogP) is 5.42. The zero-order chi connectivity index (χ0) is 14.0. The van der Waals surface area contributed by atoms with Gasteiger partial charge in [0.25, 0.3) is 0 Å². The first-order chi connectivity index (χ1) is 7.45. The van der Waals surface area contributed by atoms with E-state index < -0.39 is 0 Å². The molecule has 1 heteroatoms. The van der Waals surface area contributed by atoms with E-state index in [1.54, 1.807) is 0 Å². The Hall–Kier alpha value is -0.300. The Kier molecular flexibility index (Phi) is 45.4. The average Bonchev–Trinajstić information content (AvgIpc) is 2.20. The van der Waals surface area contributed by atoms with Gasteiger partial charge in [-0.2, -0.15) is 0 Å². The summed E-state index contributed by atoms with van der Waals surface area (Å²) >= 11 is 0. The maximum absolute atomic E-state index is 3.48. The Morgan fingerprint density at radius 3 is 1.12 bits per heavy atom. The van der Waals surface area contributed by atoms with E-state index in [0.29, 0.717) is 12.1 Å². The van der Waals surface area contributed by atoms with Gasteiger partial charge in [-0.1, -0.05) is 74.8 Å². The Bertz CT molecular complexity index is 79.4. The third kappa shape index (κ3) is 100. The van der Waals surface area contributed by atoms with Gasteiger partial charge in [-0.3, -0.25) is 0 Å². The summed E-state index contributed by atoms with van der Waals surface area (Å²) in [6.45, 7) is 22.4. The summed E-state index contributed by atoms with van der Waals surface area (Å²) in [5.41, 5.74) is 0. The maximum atomic E-state index is 3.48. The van der Waals surface area contributed by atoms with Gasteiger partial charge < -0.3 is 5.32 Å². The molecule has 0 bridgehead atoms. The molecule has 0 aromatic heterocycles. The highest BCUT2D eigenvalue weighted by molar-refractivity contribution is 4.60. The van der Waals surface area contributed by atoms with Gasteiger partial charge >= 0.3 is 0 Å². The molecule has 0 atom stereocenters. The quantitative estimate of drug-likeness (QED) is 0.640. The fraction of sp³-hybridized carbons (Fsp3) is 0.867. The average molecular weight is 231 g/mol. The van der Waals surface area contributed by atoms with Crippen LogP contribution >= 0.6 is 0 Å². The fourth-order valence-corrected chi connectivity index (χ4v) is 0.667. The SMILES string of the molecule is C=CCC.CC.CC(C)NC(C)C.CCC. The molecule has 0 aromatic carbocycles. The molecule has 0 aliphatic heterocycles. The highest BCUT2D eigenvalue weighted by Crippen LogP contribution is 1.80. The topological polar surface area (TPSA) is 12.0 Å². The maximum Gasteiger partial charge on any atom is 0.00127 e. The molecule has 0 amide bonds. The minimum absolute atomic E-state index is 0.625. The van der Waals surface area contributed by atoms with Crippen LogP contribution in [0.4, 0.5) is 0 Å². The molecule has 0 spiro atoms. The normalized spacial score (nSPS) is 7.94. The largest absolute Gasteiger partial charge is 0.312 e. The van der Waals surface area contributed by atoms with E-state index in [4.69, 9.17) is 0 Å². The van der Waals surface area contributed by atoms with Gasteiger partial charge in [0.05, 0.1) is 0 Å². The van der Waals surface area contributed by atoms with Crippen molar-refractivity contribution in [1.82, 2.24) is 5.32 Å². The lowest BCUT2D eigenvalue weighted by atomic mass is 10.3. The number of rotatable bonds is 3. The van der Waals surface area contributed by atoms with E-state index >= 15 is 0 Å². The molecule has 0 saturated carbocycles. The van der Waals surface area contributed by atoms with Gasteiger partial charge in [0.1, 0.15) is 0 Å². The Labute approximate surface area is 106 Å². The van der Waals surface area contributed by atoms with E-state index in [9.17, 15) is 0 Å². The Morgan fingerprint density at radius 2 is 1.12 bits per heavy atom. The highest BCUT2D eigenvalue weighted by Gasteiger charge is 1.92. The monoisotopic (exact) mass is 231 g/mol. The van der Waals surface area contributed by atoms with Crippen LogP contribution in [0.3, 0.4) is 0 Å². The van der Waals surface area contributed by atoms with Gasteiger partial charge in [0, 0.05) is 12.1 Å². The molecule has 0 aliphatic carbocycles. The van der Waals surface area contributed by atoms with Gasteiger partial charge in [-0.25, -0.2) is 0 Å². The van der Waals surface area contributed by atoms with Gasteiger partial charge in [0.2, 0.25) is 0 Å². The molecule has 1 N–H and O–H groups in total. The fourth-order valence-electron chi connectivity index (χ4n) is 0.667. The lowest BCUT2D eigenvalue weighted by molar-refractivity contribution is 0.518. The standard InChI is InChI=1S/C6H15N.C4H8.C3H8.C2H6/c1-5(2)7-6(3)4;1-3-4-2;1-3-2;1-2/h5-7H,1-4H3;3H,1,4H2,2H3;3H2,1-2H3;1-2H3. The molecule has 1 nitrogen and oxygen atoms in total. The second-order valence-electron chi connectivity index (χ2n) is 3.88. The second-order valence-corrected chi connectivity index (χ2v) is 3.88. The van der Waals surface area contributed by atoms with Crippen molar-refractivity contribution in [1.29, 1.82) is 0 Å². The molecule has 0 radical (unpaired) electrons. The van der Waals surface area contributed by atoms with E-state index in [0.717, 1.165) is 6.42 Å². The lowest BCUT2D eigenvalue weighted by Gasteiger charge is -2.10. The number of hydrogen-bond donors (Lipinski definition) is 1. The molecule has 0 rings (SSSR count). The summed E-state index contributed by atoms with van der Waals surface area (Å²) in [5.74, 6) is 0. The zero-order valence-corrected chi connectivity index (χ0v) is 13.4. The van der Waals surface area contributed by atoms with Crippen LogP contribution in [0.2, 0.25) is 0 Å². The third-order valence-corrected chi connectivity index (χ3v) is 0.955. The van der Waals surface area contributed by atoms with Gasteiger partial charge in [-0.15, -0.1) is 6.58 Å². The smallest absolute Gasteiger partial charge is 0.00127 e. The van der Waals surface area contributed by atoms with Crippen molar-refractivity contribution in [3.8, 4) is 0 Å². The Morgan fingerprint density at radius 1 is 0.938 bits per heavy atom. The number of nitrogens with one attached hydrogen (secondary N) is 1. The molecule has 0 unspecified atom stereocenters. The van der Waals surface area contributed by atoms with E-state index in [-0.39, 0.29) is 0 Å². The molecule has 0 fully saturated rings. The van der Waals surface area contributed by atoms with Crippen molar-refractivity contribution >= 4 is 0 Å². The first-order valence-corrected chi connectivity index (χ1v) is 6.82. The minimum atomic E-state index is 0.625. The van der Waals surface area contributed by atoms with E-state index in [1.165, 1.54) is 6.42 Å². The summed E-state index contributed by atoms with van der Waals surface area (Å²) in [7, 11) is 0. The van der Waals surface area contributed by atoms with Crippen molar-refractivity contribution in [2.75, 3.05) is 0 Å². The van der Waals surface area contributed by atoms with Crippen LogP contribution in [0, 0.1) is 0 Å². The van der Waals surface area contributed by atoms with Crippen molar-refractivity contribution in [2.24, 2.45) is 0 Å². The van der Waals surface area contributed by atoms with Crippen LogP contribution in [0.25, 0.3) is 0 Å². The van der Waals surface area contributed by atoms with Crippen molar-refractivity contribution in [3.63, 3.8) is 0 Å². The molecular weight excluding hydrogens is 194 g/mol. The summed E-state index contributed by atoms with van der Waals surface area (Å²) < 4.78 is 0. The second kappa shape index (κ2) is 29.3. The van der Waals surface area contributed by atoms with E-state index in [1.807, 2.05) is 19.9 Å². The predicted molar refractivity (Wildman–Crippen MR) is 81.2 cm³/mol. The van der Waals surface area contributed by atoms with Crippen LogP contribution in [0.1, 0.15) is 75.2 Å². The molecule has 0 heterocycles. The van der Waals surface area contributed by atoms with Crippen LogP contribution in [0.5, 0.6) is 0 Å². The first kappa shape index (κ1) is 24.8. The molecule has 0 aromatic rings. The lowest BCUT2D eigenvalue weighted by Crippen LogP contribution is -2.29. The van der Waals surface area contributed by atoms with E-state index in [2.05, 4.69) is 60.4 Å². The van der Waals surface area contributed by atoms with Gasteiger partial charge in [0.15, 0.2) is 0 Å². The summed E-state index contributed by atoms with van der Waals surface area (Å²) in [6.07, 6.45) is 4.21. The molecule has 0 aliphatic rings. The van der Waals surface area contributed by atoms with Crippen LogP contribution < -0.4 is 5.32 Å². The highest BCUT2D eigenvalue weighted by atomic mass is 14.9. The van der Waals surface area contributed by atoms with Gasteiger partial charge in [-0.05, 0) is 6.42 Å². The zero-order valence-electron chi connectivity index (χ0n) is 13.4. The van der Waals surface area contributed by atoms with Crippen molar-refractivity contribution < 1.29 is 0 Å². The number of hydrogen-bond acceptors (Lipinski definition) is 1.